The van der Waals surface area contributed by atoms with Crippen LogP contribution in [0.1, 0.15) is 10.4 Å². The van der Waals surface area contributed by atoms with E-state index in [1.165, 1.54) is 11.5 Å². The number of carbonyl (C=O) groups excluding carboxylic acids is 1. The number of hydrogen-bond donors (Lipinski definition) is 2. The van der Waals surface area contributed by atoms with Gasteiger partial charge >= 0.3 is 0 Å². The highest BCUT2D eigenvalue weighted by atomic mass is 32.1. The van der Waals surface area contributed by atoms with Crippen molar-refractivity contribution in [2.24, 2.45) is 0 Å². The lowest BCUT2D eigenvalue weighted by Crippen LogP contribution is -2.28. The second kappa shape index (κ2) is 6.54. The Morgan fingerprint density at radius 1 is 1.08 bits per heavy atom. The van der Waals surface area contributed by atoms with Crippen LogP contribution >= 0.6 is 22.9 Å². The molecule has 0 aliphatic heterocycles. The zero-order valence-corrected chi connectivity index (χ0v) is 14.3. The molecule has 4 rings (SSSR count). The Morgan fingerprint density at radius 2 is 2.00 bits per heavy atom. The number of aromatic nitrogens is 2. The number of benzene rings is 2. The molecule has 2 heterocycles. The first-order chi connectivity index (χ1) is 11.8. The van der Waals surface area contributed by atoms with Crippen molar-refractivity contribution in [1.29, 1.82) is 0 Å². The second-order valence-electron chi connectivity index (χ2n) is 5.24. The molecule has 7 heteroatoms. The highest BCUT2D eigenvalue weighted by Gasteiger charge is 2.08. The number of amides is 1. The van der Waals surface area contributed by atoms with E-state index in [0.29, 0.717) is 18.7 Å². The fourth-order valence-corrected chi connectivity index (χ4v) is 3.89. The van der Waals surface area contributed by atoms with Gasteiger partial charge in [0, 0.05) is 24.0 Å². The molecule has 1 amide bonds. The van der Waals surface area contributed by atoms with Crippen LogP contribution in [0.2, 0.25) is 0 Å². The highest BCUT2D eigenvalue weighted by molar-refractivity contribution is 7.16. The van der Waals surface area contributed by atoms with Crippen molar-refractivity contribution >= 4 is 54.9 Å². The summed E-state index contributed by atoms with van der Waals surface area (Å²) in [6, 6.07) is 13.7. The molecule has 120 valence electrons. The molecule has 2 N–H and O–H groups in total. The number of rotatable bonds is 5. The maximum absolute atomic E-state index is 12.2. The molecule has 0 saturated carbocycles. The Kier molecular flexibility index (Phi) is 4.10. The first-order valence-electron chi connectivity index (χ1n) is 7.51. The van der Waals surface area contributed by atoms with E-state index in [-0.39, 0.29) is 5.91 Å². The summed E-state index contributed by atoms with van der Waals surface area (Å²) in [4.78, 5) is 16.4. The third-order valence-electron chi connectivity index (χ3n) is 3.67. The maximum atomic E-state index is 12.2. The van der Waals surface area contributed by atoms with Crippen molar-refractivity contribution in [2.45, 2.75) is 0 Å². The quantitative estimate of drug-likeness (QED) is 0.536. The highest BCUT2D eigenvalue weighted by Crippen LogP contribution is 2.25. The molecule has 0 radical (unpaired) electrons. The smallest absolute Gasteiger partial charge is 0.251 e. The number of thiazole rings is 1. The number of anilines is 1. The first kappa shape index (κ1) is 15.0. The molecule has 0 bridgehead atoms. The van der Waals surface area contributed by atoms with E-state index in [0.717, 1.165) is 26.1 Å². The van der Waals surface area contributed by atoms with Crippen molar-refractivity contribution in [1.82, 2.24) is 14.7 Å². The third-order valence-corrected chi connectivity index (χ3v) is 5.31. The molecule has 0 fully saturated rings. The predicted molar refractivity (Wildman–Crippen MR) is 100 cm³/mol. The minimum atomic E-state index is -0.0881. The minimum absolute atomic E-state index is 0.0881. The van der Waals surface area contributed by atoms with Gasteiger partial charge in [-0.1, -0.05) is 12.1 Å². The SMILES string of the molecule is O=C(NCCNc1nsc2ccccc12)c1ccc2scnc2c1. The van der Waals surface area contributed by atoms with E-state index in [9.17, 15) is 4.79 Å². The normalized spacial score (nSPS) is 11.0. The largest absolute Gasteiger partial charge is 0.367 e. The van der Waals surface area contributed by atoms with Gasteiger partial charge in [-0.05, 0) is 41.9 Å². The Labute approximate surface area is 146 Å². The van der Waals surface area contributed by atoms with Gasteiger partial charge in [-0.15, -0.1) is 11.3 Å². The first-order valence-corrected chi connectivity index (χ1v) is 9.16. The van der Waals surface area contributed by atoms with Gasteiger partial charge < -0.3 is 10.6 Å². The van der Waals surface area contributed by atoms with Gasteiger partial charge in [-0.2, -0.15) is 4.37 Å². The Morgan fingerprint density at radius 3 is 2.96 bits per heavy atom. The summed E-state index contributed by atoms with van der Waals surface area (Å²) < 4.78 is 6.65. The van der Waals surface area contributed by atoms with E-state index in [4.69, 9.17) is 0 Å². The monoisotopic (exact) mass is 354 g/mol. The molecule has 2 aromatic heterocycles. The fourth-order valence-electron chi connectivity index (χ4n) is 2.47. The van der Waals surface area contributed by atoms with Crippen LogP contribution in [0.5, 0.6) is 0 Å². The van der Waals surface area contributed by atoms with Gasteiger partial charge in [0.05, 0.1) is 20.4 Å². The lowest BCUT2D eigenvalue weighted by atomic mass is 10.2. The lowest BCUT2D eigenvalue weighted by Gasteiger charge is -2.06. The van der Waals surface area contributed by atoms with E-state index in [1.807, 2.05) is 36.4 Å². The van der Waals surface area contributed by atoms with Gasteiger partial charge in [-0.3, -0.25) is 4.79 Å². The third kappa shape index (κ3) is 2.95. The van der Waals surface area contributed by atoms with E-state index < -0.39 is 0 Å². The summed E-state index contributed by atoms with van der Waals surface area (Å²) in [5.74, 6) is 0.781. The zero-order chi connectivity index (χ0) is 16.4. The molecule has 0 aliphatic carbocycles. The van der Waals surface area contributed by atoms with Crippen molar-refractivity contribution < 1.29 is 4.79 Å². The predicted octanol–water partition coefficient (Wildman–Crippen LogP) is 3.75. The minimum Gasteiger partial charge on any atom is -0.367 e. The fraction of sp³-hybridized carbons (Fsp3) is 0.118. The molecule has 4 aromatic rings. The average Bonchev–Trinajstić information content (AvgIpc) is 3.24. The maximum Gasteiger partial charge on any atom is 0.251 e. The number of nitrogens with zero attached hydrogens (tertiary/aromatic N) is 2. The summed E-state index contributed by atoms with van der Waals surface area (Å²) >= 11 is 3.04. The summed E-state index contributed by atoms with van der Waals surface area (Å²) in [7, 11) is 0. The molecule has 24 heavy (non-hydrogen) atoms. The van der Waals surface area contributed by atoms with Crippen LogP contribution in [0, 0.1) is 0 Å². The van der Waals surface area contributed by atoms with E-state index in [1.54, 1.807) is 16.8 Å². The molecule has 2 aromatic carbocycles. The van der Waals surface area contributed by atoms with Crippen molar-refractivity contribution in [3.63, 3.8) is 0 Å². The van der Waals surface area contributed by atoms with E-state index in [2.05, 4.69) is 26.1 Å². The number of nitrogens with one attached hydrogen (secondary N) is 2. The molecule has 5 nitrogen and oxygen atoms in total. The van der Waals surface area contributed by atoms with Crippen molar-refractivity contribution in [3.05, 3.63) is 53.5 Å². The van der Waals surface area contributed by atoms with Crippen molar-refractivity contribution in [3.8, 4) is 0 Å². The van der Waals surface area contributed by atoms with Crippen LogP contribution in [0.25, 0.3) is 20.3 Å². The Hall–Kier alpha value is -2.51. The van der Waals surface area contributed by atoms with Gasteiger partial charge in [0.1, 0.15) is 5.82 Å². The molecular weight excluding hydrogens is 340 g/mol. The lowest BCUT2D eigenvalue weighted by molar-refractivity contribution is 0.0955. The summed E-state index contributed by atoms with van der Waals surface area (Å²) in [6.07, 6.45) is 0. The zero-order valence-electron chi connectivity index (χ0n) is 12.7. The molecule has 0 unspecified atom stereocenters. The van der Waals surface area contributed by atoms with Crippen molar-refractivity contribution in [2.75, 3.05) is 18.4 Å². The molecule has 0 aliphatic rings. The Bertz CT molecular complexity index is 1010. The van der Waals surface area contributed by atoms with Gasteiger partial charge in [0.2, 0.25) is 0 Å². The summed E-state index contributed by atoms with van der Waals surface area (Å²) in [5, 5.41) is 7.30. The van der Waals surface area contributed by atoms with Gasteiger partial charge in [0.15, 0.2) is 0 Å². The number of fused-ring (bicyclic) bond motifs is 2. The van der Waals surface area contributed by atoms with Crippen LogP contribution < -0.4 is 10.6 Å². The van der Waals surface area contributed by atoms with Crippen LogP contribution in [0.4, 0.5) is 5.82 Å². The van der Waals surface area contributed by atoms with Crippen LogP contribution in [-0.2, 0) is 0 Å². The molecular formula is C17H14N4OS2. The topological polar surface area (TPSA) is 66.9 Å². The van der Waals surface area contributed by atoms with Crippen LogP contribution in [0.15, 0.2) is 48.0 Å². The second-order valence-corrected chi connectivity index (χ2v) is 6.94. The molecule has 0 saturated heterocycles. The Balaban J connectivity index is 1.34. The van der Waals surface area contributed by atoms with Gasteiger partial charge in [0.25, 0.3) is 5.91 Å². The molecule has 0 spiro atoms. The average molecular weight is 354 g/mol. The van der Waals surface area contributed by atoms with Crippen LogP contribution in [-0.4, -0.2) is 28.4 Å². The number of hydrogen-bond acceptors (Lipinski definition) is 6. The van der Waals surface area contributed by atoms with Crippen LogP contribution in [0.3, 0.4) is 0 Å². The standard InChI is InChI=1S/C17H14N4OS2/c22-17(11-5-6-15-13(9-11)20-10-23-15)19-8-7-18-16-12-3-1-2-4-14(12)24-21-16/h1-6,9-10H,7-8H2,(H,18,21)(H,19,22). The van der Waals surface area contributed by atoms with Gasteiger partial charge in [-0.25, -0.2) is 4.98 Å². The molecule has 0 atom stereocenters. The summed E-state index contributed by atoms with van der Waals surface area (Å²) in [6.45, 7) is 1.15. The number of carbonyl (C=O) groups is 1. The summed E-state index contributed by atoms with van der Waals surface area (Å²) in [5.41, 5.74) is 3.28. The van der Waals surface area contributed by atoms with E-state index >= 15 is 0 Å².